The van der Waals surface area contributed by atoms with Crippen LogP contribution in [-0.4, -0.2) is 151 Å². The highest BCUT2D eigenvalue weighted by molar-refractivity contribution is 7.99. The Labute approximate surface area is 352 Å². The zero-order chi connectivity index (χ0) is 41.5. The number of thioether (sulfide) groups is 1. The summed E-state index contributed by atoms with van der Waals surface area (Å²) in [6.07, 6.45) is 6.53. The van der Waals surface area contributed by atoms with E-state index in [1.807, 2.05) is 23.9 Å². The van der Waals surface area contributed by atoms with Gasteiger partial charge in [0.25, 0.3) is 0 Å². The number of aromatic nitrogens is 2. The van der Waals surface area contributed by atoms with Gasteiger partial charge in [0.15, 0.2) is 0 Å². The van der Waals surface area contributed by atoms with Gasteiger partial charge < -0.3 is 39.2 Å². The molecule has 1 saturated carbocycles. The number of carboxylic acids is 2. The minimum absolute atomic E-state index is 0.00759. The molecule has 3 N–H and O–H groups in total. The average Bonchev–Trinajstić information content (AvgIpc) is 3.87. The molecule has 1 saturated heterocycles. The number of hydrogen-bond donors (Lipinski definition) is 3. The lowest BCUT2D eigenvalue weighted by Crippen LogP contribution is -2.35. The first-order valence-corrected chi connectivity index (χ1v) is 22.1. The highest BCUT2D eigenvalue weighted by Crippen LogP contribution is 2.52. The zero-order valence-electron chi connectivity index (χ0n) is 34.1. The number of ether oxygens (including phenoxy) is 5. The molecule has 0 bridgehead atoms. The van der Waals surface area contributed by atoms with Crippen LogP contribution in [0.5, 0.6) is 0 Å². The van der Waals surface area contributed by atoms with E-state index >= 15 is 0 Å². The normalized spacial score (nSPS) is 22.8. The molecule has 2 aliphatic carbocycles. The Kier molecular flexibility index (Phi) is 20.7. The number of aromatic carboxylic acids is 2. The summed E-state index contributed by atoms with van der Waals surface area (Å²) in [6, 6.07) is 10.0. The number of unbranched alkanes of at least 4 members (excludes halogenated alkanes) is 2. The number of carboxylic acid groups (broad SMARTS) is 2. The molecule has 0 radical (unpaired) electrons. The maximum Gasteiger partial charge on any atom is 0.407 e. The Morgan fingerprint density at radius 2 is 1.34 bits per heavy atom. The maximum atomic E-state index is 12.3. The van der Waals surface area contributed by atoms with E-state index in [1.165, 1.54) is 12.1 Å². The van der Waals surface area contributed by atoms with Crippen LogP contribution >= 0.6 is 11.8 Å². The van der Waals surface area contributed by atoms with Crippen molar-refractivity contribution in [3.05, 3.63) is 59.2 Å². The van der Waals surface area contributed by atoms with Crippen LogP contribution < -0.4 is 5.32 Å². The van der Waals surface area contributed by atoms with E-state index in [-0.39, 0.29) is 23.6 Å². The number of nitrogens with zero attached hydrogens (tertiary/aromatic N) is 4. The first-order chi connectivity index (χ1) is 28.9. The van der Waals surface area contributed by atoms with E-state index in [0.29, 0.717) is 128 Å². The summed E-state index contributed by atoms with van der Waals surface area (Å²) >= 11 is 1.82. The Hall–Kier alpha value is -3.82. The van der Waals surface area contributed by atoms with Gasteiger partial charge in [-0.25, -0.2) is 24.4 Å². The molecule has 0 aromatic carbocycles. The topological polar surface area (TPSA) is 182 Å². The van der Waals surface area contributed by atoms with E-state index in [0.717, 1.165) is 56.5 Å². The number of carbonyl (C=O) groups is 3. The lowest BCUT2D eigenvalue weighted by molar-refractivity contribution is -0.0238. The molecular formula is C43H61N5O10S. The van der Waals surface area contributed by atoms with Gasteiger partial charge in [-0.15, -0.1) is 11.8 Å². The minimum Gasteiger partial charge on any atom is -0.477 e. The molecule has 59 heavy (non-hydrogen) atoms. The predicted molar refractivity (Wildman–Crippen MR) is 222 cm³/mol. The number of rotatable bonds is 16. The summed E-state index contributed by atoms with van der Waals surface area (Å²) in [4.78, 5) is 48.2. The molecule has 1 aliphatic heterocycles. The molecule has 0 unspecified atom stereocenters. The lowest BCUT2D eigenvalue weighted by atomic mass is 10.1. The first kappa shape index (κ1) is 46.2. The smallest absolute Gasteiger partial charge is 0.407 e. The van der Waals surface area contributed by atoms with Gasteiger partial charge in [0.1, 0.15) is 11.4 Å². The van der Waals surface area contributed by atoms with Crippen molar-refractivity contribution < 1.29 is 48.3 Å². The van der Waals surface area contributed by atoms with Gasteiger partial charge in [0.05, 0.1) is 70.3 Å². The summed E-state index contributed by atoms with van der Waals surface area (Å²) in [6.45, 7) is 7.40. The third-order valence-corrected chi connectivity index (χ3v) is 11.9. The number of fused-ring (bicyclic) bond motifs is 1. The van der Waals surface area contributed by atoms with Crippen molar-refractivity contribution in [1.82, 2.24) is 25.1 Å². The number of alkyl carbamates (subject to hydrolysis) is 1. The van der Waals surface area contributed by atoms with Gasteiger partial charge >= 0.3 is 18.0 Å². The molecule has 2 aromatic heterocycles. The first-order valence-electron chi connectivity index (χ1n) is 21.0. The van der Waals surface area contributed by atoms with Gasteiger partial charge in [-0.3, -0.25) is 9.80 Å². The van der Waals surface area contributed by atoms with Gasteiger partial charge in [-0.1, -0.05) is 18.6 Å². The van der Waals surface area contributed by atoms with Crippen molar-refractivity contribution in [3.63, 3.8) is 0 Å². The van der Waals surface area contributed by atoms with Crippen LogP contribution in [0.15, 0.2) is 36.4 Å². The fraction of sp³-hybridized carbons (Fsp3) is 0.651. The highest BCUT2D eigenvalue weighted by Gasteiger charge is 2.49. The van der Waals surface area contributed by atoms with Crippen molar-refractivity contribution in [2.45, 2.75) is 64.1 Å². The van der Waals surface area contributed by atoms with Crippen LogP contribution in [0.3, 0.4) is 0 Å². The van der Waals surface area contributed by atoms with Crippen LogP contribution in [0.4, 0.5) is 4.79 Å². The number of carbonyl (C=O) groups excluding carboxylic acids is 1. The molecule has 0 spiro atoms. The molecule has 3 heterocycles. The van der Waals surface area contributed by atoms with Crippen LogP contribution in [0.25, 0.3) is 0 Å². The van der Waals surface area contributed by atoms with E-state index in [2.05, 4.69) is 36.9 Å². The number of amides is 1. The fourth-order valence-corrected chi connectivity index (χ4v) is 8.43. The molecule has 4 atom stereocenters. The van der Waals surface area contributed by atoms with Crippen LogP contribution in [0.1, 0.15) is 77.3 Å². The monoisotopic (exact) mass is 839 g/mol. The quantitative estimate of drug-likeness (QED) is 0.156. The summed E-state index contributed by atoms with van der Waals surface area (Å²) < 4.78 is 29.9. The average molecular weight is 840 g/mol. The van der Waals surface area contributed by atoms with Crippen molar-refractivity contribution in [2.24, 2.45) is 17.8 Å². The van der Waals surface area contributed by atoms with Gasteiger partial charge in [0, 0.05) is 64.4 Å². The summed E-state index contributed by atoms with van der Waals surface area (Å²) in [5.74, 6) is 7.82. The Morgan fingerprint density at radius 1 is 0.763 bits per heavy atom. The third kappa shape index (κ3) is 17.7. The van der Waals surface area contributed by atoms with E-state index in [1.54, 1.807) is 12.1 Å². The van der Waals surface area contributed by atoms with Crippen LogP contribution in [0, 0.1) is 29.6 Å². The molecule has 5 rings (SSSR count). The lowest BCUT2D eigenvalue weighted by Gasteiger charge is -2.25. The summed E-state index contributed by atoms with van der Waals surface area (Å²) in [7, 11) is 0. The van der Waals surface area contributed by atoms with Gasteiger partial charge in [0.2, 0.25) is 0 Å². The molecule has 324 valence electrons. The highest BCUT2D eigenvalue weighted by atomic mass is 32.2. The number of nitrogens with one attached hydrogen (secondary N) is 1. The molecule has 15 nitrogen and oxygen atoms in total. The van der Waals surface area contributed by atoms with E-state index in [4.69, 9.17) is 23.7 Å². The predicted octanol–water partition coefficient (Wildman–Crippen LogP) is 4.70. The van der Waals surface area contributed by atoms with E-state index in [9.17, 15) is 24.6 Å². The largest absolute Gasteiger partial charge is 0.477 e. The zero-order valence-corrected chi connectivity index (χ0v) is 34.9. The Morgan fingerprint density at radius 3 is 1.93 bits per heavy atom. The molecule has 3 aliphatic rings. The second-order valence-corrected chi connectivity index (χ2v) is 16.2. The van der Waals surface area contributed by atoms with Crippen LogP contribution in [-0.2, 0) is 36.8 Å². The number of hydrogen-bond acceptors (Lipinski definition) is 13. The number of pyridine rings is 2. The van der Waals surface area contributed by atoms with Crippen molar-refractivity contribution >= 4 is 29.8 Å². The minimum atomic E-state index is -1.06. The Balaban J connectivity index is 1.06. The van der Waals surface area contributed by atoms with Crippen LogP contribution in [0.2, 0.25) is 0 Å². The molecule has 2 aromatic rings. The second-order valence-electron chi connectivity index (χ2n) is 15.1. The molecule has 2 fully saturated rings. The van der Waals surface area contributed by atoms with Crippen molar-refractivity contribution in [3.8, 4) is 11.8 Å². The van der Waals surface area contributed by atoms with Gasteiger partial charge in [-0.05, 0) is 73.5 Å². The summed E-state index contributed by atoms with van der Waals surface area (Å²) in [5.41, 5.74) is 1.33. The fourth-order valence-electron chi connectivity index (χ4n) is 7.40. The maximum absolute atomic E-state index is 12.3. The Bertz CT molecular complexity index is 1640. The molecule has 1 amide bonds. The molecule has 16 heteroatoms. The second kappa shape index (κ2) is 26.4. The van der Waals surface area contributed by atoms with Crippen molar-refractivity contribution in [1.29, 1.82) is 0 Å². The third-order valence-electron chi connectivity index (χ3n) is 10.7. The SMILES string of the molecule is O=C(NCCCCCSC[C@@H]1COCCN(Cc2cccc(C(=O)O)n2)CCOCCOCCN(Cc2cccc(C(=O)O)n2)CCO1)OC[C@H]1[C@@H]2CCC#CCC[C@@H]21. The standard InChI is InChI=1S/C43H61N5O10S/c49-41(50)39-14-8-10-33(45-39)28-47-17-21-54-25-26-55-22-18-48(29-34-11-9-15-40(46-34)42(51)52)20-24-57-35(30-56-23-19-47)32-59-27-7-3-6-16-44-43(53)58-31-38-36-12-4-1-2-5-13-37(36)38/h8-11,14-15,35-38H,3-7,12-13,16-32H2,(H,44,53)(H,49,50)(H,51,52)/t35-,36-,37+,38+/m0/s1. The van der Waals surface area contributed by atoms with Crippen molar-refractivity contribution in [2.75, 3.05) is 97.1 Å². The molecular weight excluding hydrogens is 779 g/mol. The van der Waals surface area contributed by atoms with Gasteiger partial charge in [-0.2, -0.15) is 11.8 Å². The summed E-state index contributed by atoms with van der Waals surface area (Å²) in [5, 5.41) is 21.8. The van der Waals surface area contributed by atoms with E-state index < -0.39 is 11.9 Å².